The highest BCUT2D eigenvalue weighted by Crippen LogP contribution is 2.17. The number of carbonyl (C=O) groups is 1. The lowest BCUT2D eigenvalue weighted by atomic mass is 10.0. The molecule has 0 saturated carbocycles. The monoisotopic (exact) mass is 267 g/mol. The number of likely N-dealkylation sites (tertiary alicyclic amines) is 1. The van der Waals surface area contributed by atoms with Crippen molar-refractivity contribution in [3.8, 4) is 0 Å². The first-order chi connectivity index (χ1) is 8.58. The fraction of sp³-hybridized carbons (Fsp3) is 0.538. The second-order valence-electron chi connectivity index (χ2n) is 4.81. The highest BCUT2D eigenvalue weighted by Gasteiger charge is 2.25. The smallest absolute Gasteiger partial charge is 0.272 e. The lowest BCUT2D eigenvalue weighted by Gasteiger charge is -2.34. The minimum absolute atomic E-state index is 0.0490. The lowest BCUT2D eigenvalue weighted by Crippen LogP contribution is -2.44. The molecule has 1 aliphatic rings. The van der Waals surface area contributed by atoms with Crippen molar-refractivity contribution in [3.05, 3.63) is 29.0 Å². The predicted molar refractivity (Wildman–Crippen MR) is 71.9 cm³/mol. The summed E-state index contributed by atoms with van der Waals surface area (Å²) in [5, 5.41) is 0.546. The molecule has 98 valence electrons. The van der Waals surface area contributed by atoms with Gasteiger partial charge in [-0.15, -0.1) is 0 Å². The number of hydrogen-bond donors (Lipinski definition) is 0. The molecule has 1 aromatic heterocycles. The Morgan fingerprint density at radius 1 is 1.50 bits per heavy atom. The van der Waals surface area contributed by atoms with Gasteiger partial charge >= 0.3 is 0 Å². The van der Waals surface area contributed by atoms with Crippen molar-refractivity contribution in [1.29, 1.82) is 0 Å². The molecule has 0 aliphatic carbocycles. The maximum Gasteiger partial charge on any atom is 0.272 e. The van der Waals surface area contributed by atoms with Crippen LogP contribution in [0.15, 0.2) is 18.3 Å². The Morgan fingerprint density at radius 3 is 2.78 bits per heavy atom. The van der Waals surface area contributed by atoms with E-state index in [0.717, 1.165) is 25.9 Å². The van der Waals surface area contributed by atoms with Crippen LogP contribution in [0.5, 0.6) is 0 Å². The first-order valence-corrected chi connectivity index (χ1v) is 6.53. The zero-order valence-electron chi connectivity index (χ0n) is 10.8. The molecular formula is C13H18ClN3O. The Bertz CT molecular complexity index is 430. The number of hydrogen-bond acceptors (Lipinski definition) is 3. The van der Waals surface area contributed by atoms with Crippen molar-refractivity contribution in [1.82, 2.24) is 14.8 Å². The number of nitrogens with zero attached hydrogens (tertiary/aromatic N) is 3. The number of piperidine rings is 1. The molecule has 0 aromatic carbocycles. The van der Waals surface area contributed by atoms with Crippen molar-refractivity contribution >= 4 is 17.5 Å². The molecule has 0 bridgehead atoms. The quantitative estimate of drug-likeness (QED) is 0.821. The van der Waals surface area contributed by atoms with Crippen LogP contribution in [0, 0.1) is 0 Å². The summed E-state index contributed by atoms with van der Waals surface area (Å²) in [5.41, 5.74) is 0.420. The summed E-state index contributed by atoms with van der Waals surface area (Å²) in [6.07, 6.45) is 3.59. The summed E-state index contributed by atoms with van der Waals surface area (Å²) < 4.78 is 0. The molecule has 1 saturated heterocycles. The van der Waals surface area contributed by atoms with Gasteiger partial charge in [-0.25, -0.2) is 0 Å². The van der Waals surface area contributed by atoms with Crippen LogP contribution in [-0.2, 0) is 0 Å². The topological polar surface area (TPSA) is 36.4 Å². The number of aromatic nitrogens is 1. The third-order valence-corrected chi connectivity index (χ3v) is 3.73. The van der Waals surface area contributed by atoms with Crippen LogP contribution < -0.4 is 0 Å². The summed E-state index contributed by atoms with van der Waals surface area (Å²) in [7, 11) is 3.96. The van der Waals surface area contributed by atoms with E-state index in [1.165, 1.54) is 0 Å². The molecule has 0 N–H and O–H groups in total. The minimum Gasteiger partial charge on any atom is -0.337 e. The minimum atomic E-state index is -0.0490. The van der Waals surface area contributed by atoms with Gasteiger partial charge in [0.05, 0.1) is 0 Å². The van der Waals surface area contributed by atoms with E-state index >= 15 is 0 Å². The number of amides is 1. The van der Waals surface area contributed by atoms with E-state index in [4.69, 9.17) is 11.6 Å². The van der Waals surface area contributed by atoms with Gasteiger partial charge in [0.1, 0.15) is 5.69 Å². The van der Waals surface area contributed by atoms with E-state index in [1.807, 2.05) is 7.05 Å². The summed E-state index contributed by atoms with van der Waals surface area (Å²) >= 11 is 5.88. The van der Waals surface area contributed by atoms with E-state index in [0.29, 0.717) is 16.8 Å². The molecule has 0 spiro atoms. The summed E-state index contributed by atoms with van der Waals surface area (Å²) in [5.74, 6) is -0.0490. The lowest BCUT2D eigenvalue weighted by molar-refractivity contribution is 0.0654. The molecule has 0 unspecified atom stereocenters. The molecule has 18 heavy (non-hydrogen) atoms. The van der Waals surface area contributed by atoms with Crippen molar-refractivity contribution < 1.29 is 4.79 Å². The molecule has 1 aliphatic heterocycles. The molecule has 1 aromatic rings. The van der Waals surface area contributed by atoms with Crippen molar-refractivity contribution in [2.24, 2.45) is 0 Å². The Balaban J connectivity index is 2.04. The fourth-order valence-corrected chi connectivity index (χ4v) is 2.41. The number of pyridine rings is 1. The summed E-state index contributed by atoms with van der Waals surface area (Å²) in [6.45, 7) is 2.07. The third kappa shape index (κ3) is 3.00. The van der Waals surface area contributed by atoms with E-state index in [-0.39, 0.29) is 5.91 Å². The fourth-order valence-electron chi connectivity index (χ4n) is 2.25. The Hall–Kier alpha value is -1.13. The highest BCUT2D eigenvalue weighted by molar-refractivity contribution is 6.30. The first kappa shape index (κ1) is 13.3. The standard InChI is InChI=1S/C13H18ClN3O/c1-16-7-4-11(5-8-16)17(2)13(18)12-9-10(14)3-6-15-12/h3,6,9,11H,4-5,7-8H2,1-2H3. The van der Waals surface area contributed by atoms with E-state index < -0.39 is 0 Å². The van der Waals surface area contributed by atoms with Crippen molar-refractivity contribution in [3.63, 3.8) is 0 Å². The molecule has 5 heteroatoms. The van der Waals surface area contributed by atoms with Gasteiger partial charge in [-0.1, -0.05) is 11.6 Å². The molecule has 2 heterocycles. The molecule has 4 nitrogen and oxygen atoms in total. The Kier molecular flexibility index (Phi) is 4.19. The predicted octanol–water partition coefficient (Wildman–Crippen LogP) is 1.90. The van der Waals surface area contributed by atoms with Crippen LogP contribution in [0.2, 0.25) is 5.02 Å². The van der Waals surface area contributed by atoms with Crippen molar-refractivity contribution in [2.45, 2.75) is 18.9 Å². The first-order valence-electron chi connectivity index (χ1n) is 6.15. The molecular weight excluding hydrogens is 250 g/mol. The summed E-state index contributed by atoms with van der Waals surface area (Å²) in [6, 6.07) is 3.60. The Morgan fingerprint density at radius 2 is 2.17 bits per heavy atom. The number of carbonyl (C=O) groups excluding carboxylic acids is 1. The van der Waals surface area contributed by atoms with Gasteiger partial charge in [0, 0.05) is 24.3 Å². The SMILES string of the molecule is CN1CCC(N(C)C(=O)c2cc(Cl)ccn2)CC1. The molecule has 1 fully saturated rings. The van der Waals surface area contributed by atoms with E-state index in [9.17, 15) is 4.79 Å². The molecule has 0 radical (unpaired) electrons. The molecule has 1 amide bonds. The normalized spacial score (nSPS) is 17.7. The highest BCUT2D eigenvalue weighted by atomic mass is 35.5. The van der Waals surface area contributed by atoms with Gasteiger partial charge in [0.25, 0.3) is 5.91 Å². The number of rotatable bonds is 2. The van der Waals surface area contributed by atoms with E-state index in [2.05, 4.69) is 16.9 Å². The van der Waals surface area contributed by atoms with Crippen LogP contribution in [0.3, 0.4) is 0 Å². The van der Waals surface area contributed by atoms with Gasteiger partial charge in [-0.2, -0.15) is 0 Å². The average molecular weight is 268 g/mol. The maximum atomic E-state index is 12.3. The van der Waals surface area contributed by atoms with E-state index in [1.54, 1.807) is 23.2 Å². The largest absolute Gasteiger partial charge is 0.337 e. The van der Waals surface area contributed by atoms with Crippen LogP contribution in [-0.4, -0.2) is 53.9 Å². The third-order valence-electron chi connectivity index (χ3n) is 3.50. The van der Waals surface area contributed by atoms with Crippen molar-refractivity contribution in [2.75, 3.05) is 27.2 Å². The number of halogens is 1. The second kappa shape index (κ2) is 5.67. The van der Waals surface area contributed by atoms with Gasteiger partial charge in [0.2, 0.25) is 0 Å². The second-order valence-corrected chi connectivity index (χ2v) is 5.25. The van der Waals surface area contributed by atoms with Crippen LogP contribution >= 0.6 is 11.6 Å². The molecule has 2 rings (SSSR count). The zero-order chi connectivity index (χ0) is 13.1. The van der Waals surface area contributed by atoms with Gasteiger partial charge in [0.15, 0.2) is 0 Å². The van der Waals surface area contributed by atoms with Gasteiger partial charge in [-0.3, -0.25) is 9.78 Å². The van der Waals surface area contributed by atoms with Gasteiger partial charge < -0.3 is 9.80 Å². The van der Waals surface area contributed by atoms with Gasteiger partial charge in [-0.05, 0) is 45.1 Å². The van der Waals surface area contributed by atoms with Crippen LogP contribution in [0.1, 0.15) is 23.3 Å². The summed E-state index contributed by atoms with van der Waals surface area (Å²) in [4.78, 5) is 20.4. The zero-order valence-corrected chi connectivity index (χ0v) is 11.5. The Labute approximate surface area is 113 Å². The average Bonchev–Trinajstić information content (AvgIpc) is 2.38. The van der Waals surface area contributed by atoms with Crippen LogP contribution in [0.25, 0.3) is 0 Å². The molecule has 0 atom stereocenters. The maximum absolute atomic E-state index is 12.3. The van der Waals surface area contributed by atoms with Crippen LogP contribution in [0.4, 0.5) is 0 Å².